The zero-order valence-corrected chi connectivity index (χ0v) is 13.0. The van der Waals surface area contributed by atoms with E-state index in [-0.39, 0.29) is 5.97 Å². The molecule has 0 aliphatic heterocycles. The van der Waals surface area contributed by atoms with Gasteiger partial charge in [0.15, 0.2) is 0 Å². The van der Waals surface area contributed by atoms with Crippen molar-refractivity contribution < 1.29 is 13.9 Å². The number of rotatable bonds is 6. The van der Waals surface area contributed by atoms with Gasteiger partial charge in [0, 0.05) is 6.04 Å². The van der Waals surface area contributed by atoms with Gasteiger partial charge >= 0.3 is 5.97 Å². The zero-order chi connectivity index (χ0) is 15.2. The SMILES string of the molecule is CCOC(=O)c1ccoc1CN(C)C1CCCCC1CN. The molecule has 1 aliphatic rings. The number of hydrogen-bond acceptors (Lipinski definition) is 5. The van der Waals surface area contributed by atoms with Crippen LogP contribution in [0.1, 0.15) is 48.7 Å². The van der Waals surface area contributed by atoms with Gasteiger partial charge in [-0.3, -0.25) is 4.90 Å². The molecule has 1 fully saturated rings. The molecule has 0 bridgehead atoms. The first-order valence-corrected chi connectivity index (χ1v) is 7.81. The van der Waals surface area contributed by atoms with Gasteiger partial charge in [-0.15, -0.1) is 0 Å². The maximum absolute atomic E-state index is 11.9. The lowest BCUT2D eigenvalue weighted by molar-refractivity contribution is 0.0519. The summed E-state index contributed by atoms with van der Waals surface area (Å²) in [4.78, 5) is 14.1. The maximum atomic E-state index is 11.9. The molecule has 1 aliphatic carbocycles. The van der Waals surface area contributed by atoms with Gasteiger partial charge in [0.25, 0.3) is 0 Å². The number of nitrogens with zero attached hydrogens (tertiary/aromatic N) is 1. The minimum atomic E-state index is -0.311. The lowest BCUT2D eigenvalue weighted by atomic mass is 9.83. The minimum absolute atomic E-state index is 0.311. The monoisotopic (exact) mass is 294 g/mol. The molecule has 2 N–H and O–H groups in total. The van der Waals surface area contributed by atoms with Gasteiger partial charge in [0.1, 0.15) is 11.3 Å². The molecular weight excluding hydrogens is 268 g/mol. The molecule has 1 heterocycles. The number of carbonyl (C=O) groups excluding carboxylic acids is 1. The molecule has 1 aromatic heterocycles. The number of furan rings is 1. The summed E-state index contributed by atoms with van der Waals surface area (Å²) in [6.07, 6.45) is 6.41. The molecule has 118 valence electrons. The number of ether oxygens (including phenoxy) is 1. The molecule has 5 heteroatoms. The van der Waals surface area contributed by atoms with Crippen LogP contribution in [0.3, 0.4) is 0 Å². The molecule has 0 saturated heterocycles. The summed E-state index contributed by atoms with van der Waals surface area (Å²) in [7, 11) is 2.08. The summed E-state index contributed by atoms with van der Waals surface area (Å²) in [6.45, 7) is 3.51. The first-order chi connectivity index (χ1) is 10.2. The standard InChI is InChI=1S/C16H26N2O3/c1-3-20-16(19)13-8-9-21-15(13)11-18(2)14-7-5-4-6-12(14)10-17/h8-9,12,14H,3-7,10-11,17H2,1-2H3. The van der Waals surface area contributed by atoms with E-state index in [2.05, 4.69) is 11.9 Å². The second kappa shape index (κ2) is 7.61. The highest BCUT2D eigenvalue weighted by atomic mass is 16.5. The van der Waals surface area contributed by atoms with Crippen LogP contribution in [-0.2, 0) is 11.3 Å². The van der Waals surface area contributed by atoms with Gasteiger partial charge in [0.2, 0.25) is 0 Å². The Kier molecular flexibility index (Phi) is 5.82. The van der Waals surface area contributed by atoms with Gasteiger partial charge in [-0.1, -0.05) is 12.8 Å². The van der Waals surface area contributed by atoms with E-state index < -0.39 is 0 Å². The fraction of sp³-hybridized carbons (Fsp3) is 0.688. The van der Waals surface area contributed by atoms with Crippen LogP contribution in [0.25, 0.3) is 0 Å². The molecular formula is C16H26N2O3. The van der Waals surface area contributed by atoms with Gasteiger partial charge in [-0.05, 0) is 45.3 Å². The van der Waals surface area contributed by atoms with Crippen molar-refractivity contribution in [1.29, 1.82) is 0 Å². The van der Waals surface area contributed by atoms with Gasteiger partial charge < -0.3 is 14.9 Å². The van der Waals surface area contributed by atoms with E-state index in [1.165, 1.54) is 19.3 Å². The predicted molar refractivity (Wildman–Crippen MR) is 80.9 cm³/mol. The third-order valence-corrected chi connectivity index (χ3v) is 4.37. The highest BCUT2D eigenvalue weighted by Gasteiger charge is 2.28. The van der Waals surface area contributed by atoms with Crippen molar-refractivity contribution in [3.8, 4) is 0 Å². The Bertz CT molecular complexity index is 458. The maximum Gasteiger partial charge on any atom is 0.341 e. The summed E-state index contributed by atoms with van der Waals surface area (Å²) in [5, 5.41) is 0. The Hall–Kier alpha value is -1.33. The summed E-state index contributed by atoms with van der Waals surface area (Å²) in [6, 6.07) is 2.14. The van der Waals surface area contributed by atoms with E-state index in [0.29, 0.717) is 36.4 Å². The van der Waals surface area contributed by atoms with Crippen molar-refractivity contribution in [2.75, 3.05) is 20.2 Å². The molecule has 0 aromatic carbocycles. The van der Waals surface area contributed by atoms with Crippen LogP contribution in [0.4, 0.5) is 0 Å². The Morgan fingerprint density at radius 1 is 1.48 bits per heavy atom. The number of hydrogen-bond donors (Lipinski definition) is 1. The quantitative estimate of drug-likeness (QED) is 0.816. The lowest BCUT2D eigenvalue weighted by Crippen LogP contribution is -2.42. The van der Waals surface area contributed by atoms with Crippen molar-refractivity contribution in [1.82, 2.24) is 4.90 Å². The highest BCUT2D eigenvalue weighted by Crippen LogP contribution is 2.28. The normalized spacial score (nSPS) is 22.5. The smallest absolute Gasteiger partial charge is 0.341 e. The topological polar surface area (TPSA) is 68.7 Å². The van der Waals surface area contributed by atoms with Crippen LogP contribution in [0.5, 0.6) is 0 Å². The third-order valence-electron chi connectivity index (χ3n) is 4.37. The number of esters is 1. The summed E-state index contributed by atoms with van der Waals surface area (Å²) in [5.41, 5.74) is 6.43. The van der Waals surface area contributed by atoms with E-state index in [4.69, 9.17) is 14.9 Å². The summed E-state index contributed by atoms with van der Waals surface area (Å²) in [5.74, 6) is 0.899. The van der Waals surface area contributed by atoms with Gasteiger partial charge in [-0.25, -0.2) is 4.79 Å². The molecule has 0 radical (unpaired) electrons. The minimum Gasteiger partial charge on any atom is -0.467 e. The van der Waals surface area contributed by atoms with Crippen LogP contribution in [0.15, 0.2) is 16.7 Å². The second-order valence-corrected chi connectivity index (χ2v) is 5.74. The van der Waals surface area contributed by atoms with Crippen molar-refractivity contribution in [3.05, 3.63) is 23.7 Å². The zero-order valence-electron chi connectivity index (χ0n) is 13.0. The van der Waals surface area contributed by atoms with Gasteiger partial charge in [0.05, 0.1) is 19.4 Å². The van der Waals surface area contributed by atoms with E-state index >= 15 is 0 Å². The first-order valence-electron chi connectivity index (χ1n) is 7.81. The average molecular weight is 294 g/mol. The van der Waals surface area contributed by atoms with Crippen LogP contribution in [0, 0.1) is 5.92 Å². The average Bonchev–Trinajstić information content (AvgIpc) is 2.95. The van der Waals surface area contributed by atoms with Crippen molar-refractivity contribution >= 4 is 5.97 Å². The molecule has 2 unspecified atom stereocenters. The van der Waals surface area contributed by atoms with E-state index in [9.17, 15) is 4.79 Å². The molecule has 1 saturated carbocycles. The van der Waals surface area contributed by atoms with Crippen molar-refractivity contribution in [3.63, 3.8) is 0 Å². The fourth-order valence-corrected chi connectivity index (χ4v) is 3.24. The highest BCUT2D eigenvalue weighted by molar-refractivity contribution is 5.90. The van der Waals surface area contributed by atoms with E-state index in [1.54, 1.807) is 19.3 Å². The molecule has 2 rings (SSSR count). The number of nitrogens with two attached hydrogens (primary N) is 1. The Balaban J connectivity index is 2.03. The van der Waals surface area contributed by atoms with E-state index in [1.807, 2.05) is 0 Å². The molecule has 2 atom stereocenters. The van der Waals surface area contributed by atoms with Crippen LogP contribution >= 0.6 is 0 Å². The lowest BCUT2D eigenvalue weighted by Gasteiger charge is -2.37. The fourth-order valence-electron chi connectivity index (χ4n) is 3.24. The molecule has 5 nitrogen and oxygen atoms in total. The van der Waals surface area contributed by atoms with Crippen molar-refractivity contribution in [2.45, 2.75) is 45.2 Å². The molecule has 0 spiro atoms. The van der Waals surface area contributed by atoms with E-state index in [0.717, 1.165) is 13.0 Å². The van der Waals surface area contributed by atoms with Crippen LogP contribution in [0.2, 0.25) is 0 Å². The Morgan fingerprint density at radius 2 is 2.24 bits per heavy atom. The van der Waals surface area contributed by atoms with Crippen LogP contribution in [-0.4, -0.2) is 37.1 Å². The Morgan fingerprint density at radius 3 is 2.95 bits per heavy atom. The summed E-state index contributed by atoms with van der Waals surface area (Å²) < 4.78 is 10.5. The molecule has 0 amide bonds. The van der Waals surface area contributed by atoms with Gasteiger partial charge in [-0.2, -0.15) is 0 Å². The summed E-state index contributed by atoms with van der Waals surface area (Å²) >= 11 is 0. The second-order valence-electron chi connectivity index (χ2n) is 5.74. The predicted octanol–water partition coefficient (Wildman–Crippen LogP) is 2.41. The number of carbonyl (C=O) groups is 1. The molecule has 21 heavy (non-hydrogen) atoms. The van der Waals surface area contributed by atoms with Crippen LogP contribution < -0.4 is 5.73 Å². The molecule has 1 aromatic rings. The Labute approximate surface area is 126 Å². The largest absolute Gasteiger partial charge is 0.467 e. The third kappa shape index (κ3) is 3.86. The first kappa shape index (κ1) is 16.0. The van der Waals surface area contributed by atoms with Crippen molar-refractivity contribution in [2.24, 2.45) is 11.7 Å².